The van der Waals surface area contributed by atoms with Crippen LogP contribution in [0.25, 0.3) is 0 Å². The van der Waals surface area contributed by atoms with Gasteiger partial charge >= 0.3 is 12.5 Å². The number of hydrogen-bond donors (Lipinski definition) is 0. The van der Waals surface area contributed by atoms with Crippen LogP contribution in [0.1, 0.15) is 101 Å². The van der Waals surface area contributed by atoms with Gasteiger partial charge in [-0.1, -0.05) is 37.6 Å². The van der Waals surface area contributed by atoms with Crippen molar-refractivity contribution >= 4 is 0 Å². The van der Waals surface area contributed by atoms with Crippen molar-refractivity contribution in [1.82, 2.24) is 0 Å². The van der Waals surface area contributed by atoms with E-state index in [2.05, 4.69) is 11.7 Å². The zero-order valence-electron chi connectivity index (χ0n) is 20.7. The zero-order valence-corrected chi connectivity index (χ0v) is 20.7. The second kappa shape index (κ2) is 11.5. The Balaban J connectivity index is 1.21. The highest BCUT2D eigenvalue weighted by Gasteiger charge is 2.46. The second-order valence-electron chi connectivity index (χ2n) is 11.1. The summed E-state index contributed by atoms with van der Waals surface area (Å²) in [6, 6.07) is 5.20. The predicted molar refractivity (Wildman–Crippen MR) is 125 cm³/mol. The number of rotatable bonds is 7. The molecule has 1 saturated heterocycles. The lowest BCUT2D eigenvalue weighted by molar-refractivity contribution is -0.431. The number of alkyl halides is 5. The van der Waals surface area contributed by atoms with Crippen molar-refractivity contribution in [2.45, 2.75) is 108 Å². The van der Waals surface area contributed by atoms with Crippen LogP contribution in [0.4, 0.5) is 22.0 Å². The number of halogens is 5. The average molecular weight is 503 g/mol. The lowest BCUT2D eigenvalue weighted by atomic mass is 9.67. The molecule has 0 amide bonds. The summed E-state index contributed by atoms with van der Waals surface area (Å²) in [5.74, 6) is 3.23. The van der Waals surface area contributed by atoms with Crippen molar-refractivity contribution in [1.29, 1.82) is 0 Å². The van der Waals surface area contributed by atoms with Crippen molar-refractivity contribution in [2.24, 2.45) is 23.7 Å². The number of benzene rings is 1. The van der Waals surface area contributed by atoms with E-state index >= 15 is 0 Å². The highest BCUT2D eigenvalue weighted by atomic mass is 19.4. The largest absolute Gasteiger partial charge is 0.527 e. The van der Waals surface area contributed by atoms with E-state index < -0.39 is 18.0 Å². The van der Waals surface area contributed by atoms with Crippen molar-refractivity contribution < 1.29 is 31.4 Å². The van der Waals surface area contributed by atoms with Gasteiger partial charge in [0.2, 0.25) is 0 Å². The van der Waals surface area contributed by atoms with Gasteiger partial charge in [-0.2, -0.15) is 8.78 Å². The lowest BCUT2D eigenvalue weighted by Gasteiger charge is -2.41. The summed E-state index contributed by atoms with van der Waals surface area (Å²) >= 11 is 0. The Morgan fingerprint density at radius 2 is 1.34 bits per heavy atom. The Morgan fingerprint density at radius 3 is 1.86 bits per heavy atom. The molecular weight excluding hydrogens is 463 g/mol. The summed E-state index contributed by atoms with van der Waals surface area (Å²) in [6.45, 7) is 3.19. The van der Waals surface area contributed by atoms with Gasteiger partial charge in [0.25, 0.3) is 0 Å². The van der Waals surface area contributed by atoms with E-state index in [1.807, 2.05) is 0 Å². The third-order valence-electron chi connectivity index (χ3n) is 8.85. The highest BCUT2D eigenvalue weighted by Crippen LogP contribution is 2.46. The van der Waals surface area contributed by atoms with E-state index in [1.54, 1.807) is 0 Å². The van der Waals surface area contributed by atoms with E-state index in [0.717, 1.165) is 67.7 Å². The van der Waals surface area contributed by atoms with Crippen molar-refractivity contribution in [3.63, 3.8) is 0 Å². The molecule has 2 atom stereocenters. The van der Waals surface area contributed by atoms with E-state index in [1.165, 1.54) is 63.5 Å². The van der Waals surface area contributed by atoms with E-state index in [-0.39, 0.29) is 5.92 Å². The molecule has 7 heteroatoms. The third kappa shape index (κ3) is 7.18. The molecule has 35 heavy (non-hydrogen) atoms. The maximum absolute atomic E-state index is 13.7. The van der Waals surface area contributed by atoms with Gasteiger partial charge in [0.1, 0.15) is 0 Å². The monoisotopic (exact) mass is 502 g/mol. The molecule has 0 radical (unpaired) electrons. The fourth-order valence-electron chi connectivity index (χ4n) is 6.90. The Labute approximate surface area is 205 Å². The molecule has 0 spiro atoms. The molecule has 2 unspecified atom stereocenters. The molecule has 3 fully saturated rings. The van der Waals surface area contributed by atoms with Crippen LogP contribution in [0, 0.1) is 23.7 Å². The first kappa shape index (κ1) is 26.8. The van der Waals surface area contributed by atoms with Gasteiger partial charge in [-0.15, -0.1) is 13.2 Å². The van der Waals surface area contributed by atoms with Crippen LogP contribution in [0.3, 0.4) is 0 Å². The van der Waals surface area contributed by atoms with E-state index in [9.17, 15) is 22.0 Å². The zero-order chi connectivity index (χ0) is 25.1. The standard InChI is InChI=1S/C28H39F5O2/c1-2-3-19-4-17-26(34-18-19)24-11-9-22(10-12-24)20-5-7-21(8-6-20)23-13-15-25(16-14-23)27(29,30)35-28(31,32)33/h13-16,19-22,24,26H,2-12,17-18H2,1H3. The molecule has 1 aliphatic heterocycles. The molecule has 2 nitrogen and oxygen atoms in total. The molecule has 0 aromatic heterocycles. The molecule has 1 aromatic carbocycles. The Bertz CT molecular complexity index is 770. The van der Waals surface area contributed by atoms with Gasteiger partial charge in [0.05, 0.1) is 11.7 Å². The molecule has 2 aliphatic carbocycles. The van der Waals surface area contributed by atoms with Crippen molar-refractivity contribution in [3.8, 4) is 0 Å². The van der Waals surface area contributed by atoms with Gasteiger partial charge in [0, 0.05) is 6.61 Å². The quantitative estimate of drug-likeness (QED) is 0.347. The molecule has 1 heterocycles. The van der Waals surface area contributed by atoms with Crippen molar-refractivity contribution in [2.75, 3.05) is 6.61 Å². The lowest BCUT2D eigenvalue weighted by Crippen LogP contribution is -2.35. The number of ether oxygens (including phenoxy) is 2. The van der Waals surface area contributed by atoms with Gasteiger partial charge in [-0.3, -0.25) is 0 Å². The minimum Gasteiger partial charge on any atom is -0.378 e. The van der Waals surface area contributed by atoms with Crippen LogP contribution in [0.15, 0.2) is 24.3 Å². The van der Waals surface area contributed by atoms with Gasteiger partial charge in [-0.25, -0.2) is 4.74 Å². The fourth-order valence-corrected chi connectivity index (χ4v) is 6.90. The van der Waals surface area contributed by atoms with E-state index in [0.29, 0.717) is 12.0 Å². The van der Waals surface area contributed by atoms with Crippen LogP contribution < -0.4 is 0 Å². The average Bonchev–Trinajstić information content (AvgIpc) is 2.84. The molecule has 198 valence electrons. The first-order valence-electron chi connectivity index (χ1n) is 13.5. The number of hydrogen-bond acceptors (Lipinski definition) is 2. The minimum absolute atomic E-state index is 0.278. The SMILES string of the molecule is CCCC1CCC(C2CCC(C3CCC(c4ccc(C(F)(F)OC(F)(F)F)cc4)CC3)CC2)OC1. The first-order chi connectivity index (χ1) is 16.6. The summed E-state index contributed by atoms with van der Waals surface area (Å²) in [5, 5.41) is 0. The molecule has 3 aliphatic rings. The van der Waals surface area contributed by atoms with Crippen molar-refractivity contribution in [3.05, 3.63) is 35.4 Å². The maximum Gasteiger partial charge on any atom is 0.527 e. The Kier molecular flexibility index (Phi) is 8.78. The summed E-state index contributed by atoms with van der Waals surface area (Å²) in [6.07, 6.45) is 5.11. The molecule has 0 N–H and O–H groups in total. The van der Waals surface area contributed by atoms with Crippen LogP contribution in [-0.4, -0.2) is 19.1 Å². The molecule has 4 rings (SSSR count). The predicted octanol–water partition coefficient (Wildman–Crippen LogP) is 8.95. The van der Waals surface area contributed by atoms with Crippen LogP contribution >= 0.6 is 0 Å². The minimum atomic E-state index is -5.39. The van der Waals surface area contributed by atoms with Gasteiger partial charge in [-0.05, 0) is 106 Å². The Morgan fingerprint density at radius 1 is 0.771 bits per heavy atom. The first-order valence-corrected chi connectivity index (χ1v) is 13.5. The van der Waals surface area contributed by atoms with Gasteiger partial charge < -0.3 is 4.74 Å². The topological polar surface area (TPSA) is 18.5 Å². The third-order valence-corrected chi connectivity index (χ3v) is 8.85. The Hall–Kier alpha value is -1.21. The highest BCUT2D eigenvalue weighted by molar-refractivity contribution is 5.27. The normalized spacial score (nSPS) is 33.0. The molecular formula is C28H39F5O2. The summed E-state index contributed by atoms with van der Waals surface area (Å²) < 4.78 is 73.5. The molecule has 1 aromatic rings. The maximum atomic E-state index is 13.7. The summed E-state index contributed by atoms with van der Waals surface area (Å²) in [7, 11) is 0. The second-order valence-corrected chi connectivity index (χ2v) is 11.1. The van der Waals surface area contributed by atoms with Gasteiger partial charge in [0.15, 0.2) is 0 Å². The smallest absolute Gasteiger partial charge is 0.378 e. The molecule has 2 saturated carbocycles. The van der Waals surface area contributed by atoms with Crippen LogP contribution in [0.5, 0.6) is 0 Å². The van der Waals surface area contributed by atoms with E-state index in [4.69, 9.17) is 4.74 Å². The van der Waals surface area contributed by atoms with Crippen LogP contribution in [-0.2, 0) is 15.6 Å². The fraction of sp³-hybridized carbons (Fsp3) is 0.786. The summed E-state index contributed by atoms with van der Waals surface area (Å²) in [5.41, 5.74) is 0.154. The molecule has 0 bridgehead atoms. The van der Waals surface area contributed by atoms with Crippen LogP contribution in [0.2, 0.25) is 0 Å². The summed E-state index contributed by atoms with van der Waals surface area (Å²) in [4.78, 5) is 0.